The Balaban J connectivity index is 2.00. The Morgan fingerprint density at radius 1 is 1.16 bits per heavy atom. The van der Waals surface area contributed by atoms with Gasteiger partial charge in [0.25, 0.3) is 0 Å². The van der Waals surface area contributed by atoms with Crippen molar-refractivity contribution in [2.45, 2.75) is 77.2 Å². The molecule has 19 heavy (non-hydrogen) atoms. The molecular weight excluding hydrogens is 238 g/mol. The fourth-order valence-corrected chi connectivity index (χ4v) is 2.92. The van der Waals surface area contributed by atoms with Crippen molar-refractivity contribution in [3.05, 3.63) is 11.7 Å². The molecule has 108 valence electrons. The average molecular weight is 265 g/mol. The van der Waals surface area contributed by atoms with Gasteiger partial charge in [-0.1, -0.05) is 44.7 Å². The summed E-state index contributed by atoms with van der Waals surface area (Å²) in [6, 6.07) is 0. The summed E-state index contributed by atoms with van der Waals surface area (Å²) in [6.45, 7) is 4.15. The van der Waals surface area contributed by atoms with E-state index in [4.69, 9.17) is 10.3 Å². The molecule has 0 radical (unpaired) electrons. The Labute approximate surface area is 116 Å². The maximum Gasteiger partial charge on any atom is 0.226 e. The van der Waals surface area contributed by atoms with Crippen LogP contribution in [0, 0.1) is 5.92 Å². The lowest BCUT2D eigenvalue weighted by Gasteiger charge is -2.21. The van der Waals surface area contributed by atoms with Gasteiger partial charge in [0.2, 0.25) is 5.89 Å². The predicted molar refractivity (Wildman–Crippen MR) is 75.6 cm³/mol. The summed E-state index contributed by atoms with van der Waals surface area (Å²) in [4.78, 5) is 4.55. The molecule has 4 nitrogen and oxygen atoms in total. The van der Waals surface area contributed by atoms with E-state index in [1.807, 2.05) is 0 Å². The minimum absolute atomic E-state index is 0.425. The SMILES string of the molecule is CCC(N)(CC)c1noc(CC2CCCCCC2)n1. The van der Waals surface area contributed by atoms with E-state index in [-0.39, 0.29) is 0 Å². The summed E-state index contributed by atoms with van der Waals surface area (Å²) >= 11 is 0. The van der Waals surface area contributed by atoms with E-state index in [1.165, 1.54) is 38.5 Å². The molecule has 2 rings (SSSR count). The molecule has 1 heterocycles. The van der Waals surface area contributed by atoms with Gasteiger partial charge in [-0.15, -0.1) is 0 Å². The zero-order chi connectivity index (χ0) is 13.7. The summed E-state index contributed by atoms with van der Waals surface area (Å²) in [5, 5.41) is 4.11. The van der Waals surface area contributed by atoms with Crippen molar-refractivity contribution in [3.63, 3.8) is 0 Å². The molecule has 2 N–H and O–H groups in total. The van der Waals surface area contributed by atoms with Crippen LogP contribution in [0.4, 0.5) is 0 Å². The van der Waals surface area contributed by atoms with Gasteiger partial charge in [-0.05, 0) is 31.6 Å². The summed E-state index contributed by atoms with van der Waals surface area (Å²) in [5.74, 6) is 2.17. The maximum absolute atomic E-state index is 6.30. The normalized spacial score (nSPS) is 18.5. The van der Waals surface area contributed by atoms with Crippen LogP contribution in [0.2, 0.25) is 0 Å². The van der Waals surface area contributed by atoms with Gasteiger partial charge < -0.3 is 10.3 Å². The van der Waals surface area contributed by atoms with Crippen molar-refractivity contribution >= 4 is 0 Å². The van der Waals surface area contributed by atoms with Gasteiger partial charge in [0.05, 0.1) is 5.54 Å². The van der Waals surface area contributed by atoms with Gasteiger partial charge in [-0.3, -0.25) is 0 Å². The number of hydrogen-bond acceptors (Lipinski definition) is 4. The fraction of sp³-hybridized carbons (Fsp3) is 0.867. The third kappa shape index (κ3) is 3.56. The van der Waals surface area contributed by atoms with Crippen LogP contribution in [0.15, 0.2) is 4.52 Å². The van der Waals surface area contributed by atoms with Crippen molar-refractivity contribution in [1.82, 2.24) is 10.1 Å². The van der Waals surface area contributed by atoms with Crippen LogP contribution >= 0.6 is 0 Å². The molecule has 1 aromatic rings. The van der Waals surface area contributed by atoms with Crippen LogP contribution < -0.4 is 5.73 Å². The van der Waals surface area contributed by atoms with Crippen LogP contribution in [0.1, 0.15) is 76.9 Å². The highest BCUT2D eigenvalue weighted by Gasteiger charge is 2.29. The Hall–Kier alpha value is -0.900. The first-order valence-electron chi connectivity index (χ1n) is 7.80. The van der Waals surface area contributed by atoms with E-state index in [1.54, 1.807) is 0 Å². The number of aromatic nitrogens is 2. The quantitative estimate of drug-likeness (QED) is 0.827. The van der Waals surface area contributed by atoms with E-state index in [9.17, 15) is 0 Å². The second-order valence-electron chi connectivity index (χ2n) is 5.94. The van der Waals surface area contributed by atoms with Crippen molar-refractivity contribution < 1.29 is 4.52 Å². The lowest BCUT2D eigenvalue weighted by Crippen LogP contribution is -2.36. The molecule has 1 aliphatic carbocycles. The van der Waals surface area contributed by atoms with E-state index in [2.05, 4.69) is 24.0 Å². The van der Waals surface area contributed by atoms with Crippen LogP contribution in [-0.4, -0.2) is 10.1 Å². The Kier molecular flexibility index (Phi) is 4.97. The molecule has 0 spiro atoms. The number of rotatable bonds is 5. The average Bonchev–Trinajstić information content (AvgIpc) is 2.75. The molecule has 0 aliphatic heterocycles. The molecule has 1 fully saturated rings. The van der Waals surface area contributed by atoms with Gasteiger partial charge >= 0.3 is 0 Å². The van der Waals surface area contributed by atoms with Gasteiger partial charge in [0.15, 0.2) is 5.82 Å². The first kappa shape index (κ1) is 14.5. The van der Waals surface area contributed by atoms with Crippen LogP contribution in [0.25, 0.3) is 0 Å². The molecule has 0 aromatic carbocycles. The smallest absolute Gasteiger partial charge is 0.226 e. The molecule has 1 aromatic heterocycles. The van der Waals surface area contributed by atoms with E-state index < -0.39 is 5.54 Å². The lowest BCUT2D eigenvalue weighted by molar-refractivity contribution is 0.319. The predicted octanol–water partition coefficient (Wildman–Crippen LogP) is 3.56. The molecule has 0 bridgehead atoms. The van der Waals surface area contributed by atoms with Crippen LogP contribution in [-0.2, 0) is 12.0 Å². The third-order valence-corrected chi connectivity index (χ3v) is 4.61. The van der Waals surface area contributed by atoms with Gasteiger partial charge in [-0.2, -0.15) is 4.98 Å². The third-order valence-electron chi connectivity index (χ3n) is 4.61. The second-order valence-corrected chi connectivity index (χ2v) is 5.94. The molecule has 1 aliphatic rings. The highest BCUT2D eigenvalue weighted by Crippen LogP contribution is 2.27. The van der Waals surface area contributed by atoms with Crippen molar-refractivity contribution in [3.8, 4) is 0 Å². The second kappa shape index (κ2) is 6.51. The lowest BCUT2D eigenvalue weighted by atomic mass is 9.93. The number of hydrogen-bond donors (Lipinski definition) is 1. The maximum atomic E-state index is 6.30. The molecule has 4 heteroatoms. The van der Waals surface area contributed by atoms with E-state index in [0.717, 1.165) is 25.2 Å². The summed E-state index contributed by atoms with van der Waals surface area (Å²) in [7, 11) is 0. The van der Waals surface area contributed by atoms with Gasteiger partial charge in [0.1, 0.15) is 0 Å². The van der Waals surface area contributed by atoms with E-state index in [0.29, 0.717) is 11.7 Å². The molecule has 0 saturated heterocycles. The van der Waals surface area contributed by atoms with Crippen molar-refractivity contribution in [2.24, 2.45) is 11.7 Å². The molecule has 0 atom stereocenters. The Bertz CT molecular complexity index is 376. The van der Waals surface area contributed by atoms with Crippen LogP contribution in [0.5, 0.6) is 0 Å². The summed E-state index contributed by atoms with van der Waals surface area (Å²) in [5.41, 5.74) is 5.88. The Morgan fingerprint density at radius 2 is 1.79 bits per heavy atom. The Morgan fingerprint density at radius 3 is 2.37 bits per heavy atom. The van der Waals surface area contributed by atoms with Gasteiger partial charge in [-0.25, -0.2) is 0 Å². The zero-order valence-electron chi connectivity index (χ0n) is 12.3. The highest BCUT2D eigenvalue weighted by molar-refractivity contribution is 5.03. The number of nitrogens with zero attached hydrogens (tertiary/aromatic N) is 2. The fourth-order valence-electron chi connectivity index (χ4n) is 2.92. The standard InChI is InChI=1S/C15H27N3O/c1-3-15(16,4-2)14-17-13(19-18-14)11-12-9-7-5-6-8-10-12/h12H,3-11,16H2,1-2H3. The first-order valence-corrected chi connectivity index (χ1v) is 7.80. The molecule has 0 unspecified atom stereocenters. The minimum Gasteiger partial charge on any atom is -0.339 e. The zero-order valence-corrected chi connectivity index (χ0v) is 12.3. The van der Waals surface area contributed by atoms with E-state index >= 15 is 0 Å². The number of nitrogens with two attached hydrogens (primary N) is 1. The van der Waals surface area contributed by atoms with Crippen molar-refractivity contribution in [2.75, 3.05) is 0 Å². The van der Waals surface area contributed by atoms with Gasteiger partial charge in [0, 0.05) is 6.42 Å². The molecule has 1 saturated carbocycles. The largest absolute Gasteiger partial charge is 0.339 e. The first-order chi connectivity index (χ1) is 9.18. The minimum atomic E-state index is -0.425. The summed E-state index contributed by atoms with van der Waals surface area (Å²) in [6.07, 6.45) is 10.6. The molecule has 0 amide bonds. The summed E-state index contributed by atoms with van der Waals surface area (Å²) < 4.78 is 5.42. The molecular formula is C15H27N3O. The van der Waals surface area contributed by atoms with Crippen LogP contribution in [0.3, 0.4) is 0 Å². The topological polar surface area (TPSA) is 64.9 Å². The highest BCUT2D eigenvalue weighted by atomic mass is 16.5. The van der Waals surface area contributed by atoms with Crippen molar-refractivity contribution in [1.29, 1.82) is 0 Å². The monoisotopic (exact) mass is 265 g/mol.